The second-order valence-electron chi connectivity index (χ2n) is 3.93. The van der Waals surface area contributed by atoms with Crippen molar-refractivity contribution >= 4 is 53.0 Å². The summed E-state index contributed by atoms with van der Waals surface area (Å²) in [5, 5.41) is 0.571. The molecule has 1 N–H and O–H groups in total. The van der Waals surface area contributed by atoms with E-state index in [1.807, 2.05) is 42.8 Å². The smallest absolute Gasteiger partial charge is 0.188 e. The summed E-state index contributed by atoms with van der Waals surface area (Å²) in [7, 11) is 5.57. The summed E-state index contributed by atoms with van der Waals surface area (Å²) in [6.45, 7) is 6.54. The normalized spacial score (nSPS) is 14.1. The van der Waals surface area contributed by atoms with Gasteiger partial charge in [-0.3, -0.25) is 0 Å². The Kier molecular flexibility index (Phi) is 5.48. The maximum absolute atomic E-state index is 3.45. The molecule has 0 bridgehead atoms. The molecular weight excluding hydrogens is 298 g/mol. The first-order valence-corrected chi connectivity index (χ1v) is 10.1. The standard InChI is InChI=1S/C13H15NS4/c1-4-9(2)10(3)16-18-17-13-14-11-7-5-6-8-12(11)15-13/h4-8,10H,1-3H3/p+1/b9-4+. The highest BCUT2D eigenvalue weighted by atomic mass is 33.5. The summed E-state index contributed by atoms with van der Waals surface area (Å²) in [6, 6.07) is 8.44. The van der Waals surface area contributed by atoms with Gasteiger partial charge in [0.15, 0.2) is 0 Å². The van der Waals surface area contributed by atoms with E-state index in [0.29, 0.717) is 5.25 Å². The van der Waals surface area contributed by atoms with Crippen molar-refractivity contribution in [2.75, 3.05) is 0 Å². The zero-order chi connectivity index (χ0) is 13.0. The molecule has 0 saturated carbocycles. The lowest BCUT2D eigenvalue weighted by atomic mass is 10.2. The van der Waals surface area contributed by atoms with E-state index < -0.39 is 0 Å². The van der Waals surface area contributed by atoms with Crippen LogP contribution >= 0.6 is 42.8 Å². The van der Waals surface area contributed by atoms with Crippen LogP contribution in [0.25, 0.3) is 10.2 Å². The monoisotopic (exact) mass is 314 g/mol. The number of fused-ring (bicyclic) bond motifs is 1. The number of hydrogen-bond acceptors (Lipinski definition) is 4. The second-order valence-corrected chi connectivity index (χ2v) is 9.56. The average molecular weight is 315 g/mol. The van der Waals surface area contributed by atoms with Crippen LogP contribution in [0, 0.1) is 0 Å². The van der Waals surface area contributed by atoms with Crippen LogP contribution in [0.4, 0.5) is 0 Å². The molecule has 1 nitrogen and oxygen atoms in total. The number of allylic oxidation sites excluding steroid dienone is 1. The number of para-hydroxylation sites is 1. The van der Waals surface area contributed by atoms with Crippen molar-refractivity contribution < 1.29 is 4.98 Å². The summed E-state index contributed by atoms with van der Waals surface area (Å²) < 4.78 is 2.59. The maximum atomic E-state index is 3.45. The minimum Gasteiger partial charge on any atom is -0.188 e. The van der Waals surface area contributed by atoms with Gasteiger partial charge in [-0.05, 0) is 36.7 Å². The van der Waals surface area contributed by atoms with Gasteiger partial charge in [-0.2, -0.15) is 4.98 Å². The fourth-order valence-electron chi connectivity index (χ4n) is 1.35. The number of benzene rings is 1. The molecule has 2 aromatic rings. The fourth-order valence-corrected chi connectivity index (χ4v) is 7.42. The van der Waals surface area contributed by atoms with Gasteiger partial charge in [0, 0.05) is 22.1 Å². The third-order valence-electron chi connectivity index (χ3n) is 2.72. The summed E-state index contributed by atoms with van der Waals surface area (Å²) in [5.41, 5.74) is 2.67. The molecule has 0 saturated heterocycles. The van der Waals surface area contributed by atoms with E-state index >= 15 is 0 Å². The first-order valence-electron chi connectivity index (χ1n) is 5.74. The van der Waals surface area contributed by atoms with Gasteiger partial charge in [-0.1, -0.05) is 45.9 Å². The summed E-state index contributed by atoms with van der Waals surface area (Å²) in [4.78, 5) is 3.45. The zero-order valence-corrected chi connectivity index (χ0v) is 13.9. The van der Waals surface area contributed by atoms with Crippen molar-refractivity contribution in [2.45, 2.75) is 30.4 Å². The molecule has 0 radical (unpaired) electrons. The SMILES string of the molecule is C/C=C(\C)C(C)SSSc1[nH+]c2ccccc2s1. The third-order valence-corrected chi connectivity index (χ3v) is 8.58. The van der Waals surface area contributed by atoms with E-state index in [1.165, 1.54) is 20.1 Å². The van der Waals surface area contributed by atoms with E-state index in [9.17, 15) is 0 Å². The van der Waals surface area contributed by atoms with Gasteiger partial charge in [0.05, 0.1) is 0 Å². The van der Waals surface area contributed by atoms with Crippen molar-refractivity contribution in [3.8, 4) is 0 Å². The van der Waals surface area contributed by atoms with Crippen molar-refractivity contribution in [2.24, 2.45) is 0 Å². The number of aromatic nitrogens is 1. The quantitative estimate of drug-likeness (QED) is 0.538. The van der Waals surface area contributed by atoms with Gasteiger partial charge in [0.1, 0.15) is 4.70 Å². The molecule has 1 aromatic carbocycles. The predicted molar refractivity (Wildman–Crippen MR) is 88.3 cm³/mol. The van der Waals surface area contributed by atoms with Crippen molar-refractivity contribution in [1.29, 1.82) is 0 Å². The molecule has 0 amide bonds. The molecule has 1 heterocycles. The Bertz CT molecular complexity index is 514. The molecule has 5 heteroatoms. The van der Waals surface area contributed by atoms with Gasteiger partial charge in [0.25, 0.3) is 0 Å². The largest absolute Gasteiger partial charge is 0.308 e. The summed E-state index contributed by atoms with van der Waals surface area (Å²) in [6.07, 6.45) is 2.19. The number of nitrogens with one attached hydrogen (secondary N) is 1. The topological polar surface area (TPSA) is 14.1 Å². The highest BCUT2D eigenvalue weighted by Gasteiger charge is 2.13. The van der Waals surface area contributed by atoms with Crippen LogP contribution in [-0.4, -0.2) is 5.25 Å². The van der Waals surface area contributed by atoms with Gasteiger partial charge >= 0.3 is 4.34 Å². The van der Waals surface area contributed by atoms with Crippen LogP contribution in [0.15, 0.2) is 40.3 Å². The minimum atomic E-state index is 0.571. The van der Waals surface area contributed by atoms with E-state index in [1.54, 1.807) is 0 Å². The highest BCUT2D eigenvalue weighted by Crippen LogP contribution is 2.44. The van der Waals surface area contributed by atoms with Crippen LogP contribution in [-0.2, 0) is 0 Å². The molecule has 0 aliphatic rings. The Balaban J connectivity index is 1.90. The Hall–Kier alpha value is -0.100. The van der Waals surface area contributed by atoms with E-state index in [4.69, 9.17) is 0 Å². The molecular formula is C13H16NS4+. The van der Waals surface area contributed by atoms with E-state index in [-0.39, 0.29) is 0 Å². The first-order chi connectivity index (χ1) is 8.70. The lowest BCUT2D eigenvalue weighted by molar-refractivity contribution is -0.385. The summed E-state index contributed by atoms with van der Waals surface area (Å²) in [5.74, 6) is 0. The van der Waals surface area contributed by atoms with Gasteiger partial charge in [-0.15, -0.1) is 0 Å². The number of hydrogen-bond donors (Lipinski definition) is 0. The van der Waals surface area contributed by atoms with Crippen molar-refractivity contribution in [1.82, 2.24) is 0 Å². The van der Waals surface area contributed by atoms with E-state index in [2.05, 4.69) is 56.1 Å². The molecule has 1 aromatic heterocycles. The fraction of sp³-hybridized carbons (Fsp3) is 0.308. The predicted octanol–water partition coefficient (Wildman–Crippen LogP) is 5.46. The van der Waals surface area contributed by atoms with Gasteiger partial charge < -0.3 is 0 Å². The number of H-pyrrole nitrogens is 1. The first kappa shape index (κ1) is 14.3. The molecule has 0 aliphatic heterocycles. The van der Waals surface area contributed by atoms with Crippen LogP contribution in [0.2, 0.25) is 0 Å². The number of aromatic amines is 1. The molecule has 0 aliphatic carbocycles. The van der Waals surface area contributed by atoms with Gasteiger partial charge in [-0.25, -0.2) is 0 Å². The molecule has 1 unspecified atom stereocenters. The lowest BCUT2D eigenvalue weighted by Gasteiger charge is -2.08. The molecule has 0 fully saturated rings. The number of thiazole rings is 1. The van der Waals surface area contributed by atoms with Crippen LogP contribution in [0.5, 0.6) is 0 Å². The third kappa shape index (κ3) is 3.70. The second kappa shape index (κ2) is 6.89. The maximum Gasteiger partial charge on any atom is 0.308 e. The van der Waals surface area contributed by atoms with Crippen LogP contribution in [0.1, 0.15) is 20.8 Å². The van der Waals surface area contributed by atoms with Crippen LogP contribution in [0.3, 0.4) is 0 Å². The Morgan fingerprint density at radius 1 is 1.39 bits per heavy atom. The van der Waals surface area contributed by atoms with Gasteiger partial charge in [0.2, 0.25) is 5.52 Å². The van der Waals surface area contributed by atoms with E-state index in [0.717, 1.165) is 0 Å². The summed E-state index contributed by atoms with van der Waals surface area (Å²) >= 11 is 1.82. The lowest BCUT2D eigenvalue weighted by Crippen LogP contribution is -1.98. The molecule has 1 atom stereocenters. The Morgan fingerprint density at radius 2 is 2.17 bits per heavy atom. The van der Waals surface area contributed by atoms with Crippen LogP contribution < -0.4 is 4.98 Å². The highest BCUT2D eigenvalue weighted by molar-refractivity contribution is 9.09. The average Bonchev–Trinajstić information content (AvgIpc) is 2.80. The molecule has 2 rings (SSSR count). The molecule has 0 spiro atoms. The minimum absolute atomic E-state index is 0.571. The molecule has 18 heavy (non-hydrogen) atoms. The van der Waals surface area contributed by atoms with Crippen molar-refractivity contribution in [3.63, 3.8) is 0 Å². The molecule has 96 valence electrons. The van der Waals surface area contributed by atoms with Crippen molar-refractivity contribution in [3.05, 3.63) is 35.9 Å². The number of rotatable bonds is 5. The Morgan fingerprint density at radius 3 is 2.89 bits per heavy atom. The Labute approximate surface area is 124 Å². The zero-order valence-electron chi connectivity index (χ0n) is 10.6.